The van der Waals surface area contributed by atoms with Crippen molar-refractivity contribution < 1.29 is 0 Å². The van der Waals surface area contributed by atoms with Gasteiger partial charge < -0.3 is 4.90 Å². The molecule has 1 saturated heterocycles. The number of alkyl halides is 1. The summed E-state index contributed by atoms with van der Waals surface area (Å²) < 4.78 is 0. The third-order valence-electron chi connectivity index (χ3n) is 3.73. The third-order valence-corrected chi connectivity index (χ3v) is 5.72. The highest BCUT2D eigenvalue weighted by Crippen LogP contribution is 2.39. The second-order valence-corrected chi connectivity index (χ2v) is 7.40. The van der Waals surface area contributed by atoms with Crippen molar-refractivity contribution in [2.24, 2.45) is 0 Å². The van der Waals surface area contributed by atoms with E-state index < -0.39 is 0 Å². The smallest absolute Gasteiger partial charge is 0.0273 e. The topological polar surface area (TPSA) is 3.24 Å². The maximum Gasteiger partial charge on any atom is 0.0273 e. The molecule has 1 fully saturated rings. The largest absolute Gasteiger partial charge is 0.302 e. The highest BCUT2D eigenvalue weighted by Gasteiger charge is 2.26. The van der Waals surface area contributed by atoms with Crippen LogP contribution < -0.4 is 0 Å². The Kier molecular flexibility index (Phi) is 3.78. The second kappa shape index (κ2) is 5.33. The van der Waals surface area contributed by atoms with Crippen molar-refractivity contribution in [2.75, 3.05) is 25.4 Å². The standard InChI is InChI=1S/C14H18BrNS/c15-12-4-3-7-16(9-12)8-11-10-17-14-6-2-1-5-13(11)14/h1-2,5-6,11-12H,3-4,7-10H2. The zero-order valence-corrected chi connectivity index (χ0v) is 12.3. The summed E-state index contributed by atoms with van der Waals surface area (Å²) in [6.45, 7) is 3.75. The molecule has 0 bridgehead atoms. The fourth-order valence-electron chi connectivity index (χ4n) is 2.86. The average molecular weight is 312 g/mol. The lowest BCUT2D eigenvalue weighted by atomic mass is 9.99. The van der Waals surface area contributed by atoms with Crippen LogP contribution in [0.25, 0.3) is 0 Å². The molecule has 0 aromatic heterocycles. The monoisotopic (exact) mass is 311 g/mol. The highest BCUT2D eigenvalue weighted by molar-refractivity contribution is 9.09. The van der Waals surface area contributed by atoms with E-state index >= 15 is 0 Å². The Morgan fingerprint density at radius 2 is 2.24 bits per heavy atom. The Morgan fingerprint density at radius 1 is 1.35 bits per heavy atom. The first-order valence-electron chi connectivity index (χ1n) is 6.41. The minimum absolute atomic E-state index is 0.709. The van der Waals surface area contributed by atoms with Crippen LogP contribution >= 0.6 is 27.7 Å². The van der Waals surface area contributed by atoms with Gasteiger partial charge in [-0.05, 0) is 31.0 Å². The van der Waals surface area contributed by atoms with Crippen molar-refractivity contribution >= 4 is 27.7 Å². The van der Waals surface area contributed by atoms with E-state index in [-0.39, 0.29) is 0 Å². The number of piperidine rings is 1. The molecule has 1 aromatic carbocycles. The number of benzene rings is 1. The molecular weight excluding hydrogens is 294 g/mol. The number of hydrogen-bond acceptors (Lipinski definition) is 2. The fourth-order valence-corrected chi connectivity index (χ4v) is 4.83. The lowest BCUT2D eigenvalue weighted by Crippen LogP contribution is -2.38. The summed E-state index contributed by atoms with van der Waals surface area (Å²) in [5.74, 6) is 2.01. The van der Waals surface area contributed by atoms with Gasteiger partial charge in [0.25, 0.3) is 0 Å². The summed E-state index contributed by atoms with van der Waals surface area (Å²) in [7, 11) is 0. The third kappa shape index (κ3) is 2.72. The molecule has 0 saturated carbocycles. The van der Waals surface area contributed by atoms with Crippen LogP contribution in [0.1, 0.15) is 24.3 Å². The van der Waals surface area contributed by atoms with E-state index in [0.717, 1.165) is 5.92 Å². The van der Waals surface area contributed by atoms with E-state index in [1.807, 2.05) is 11.8 Å². The molecule has 3 heteroatoms. The van der Waals surface area contributed by atoms with Crippen LogP contribution in [0.2, 0.25) is 0 Å². The first-order valence-corrected chi connectivity index (χ1v) is 8.31. The first-order chi connectivity index (χ1) is 8.33. The van der Waals surface area contributed by atoms with E-state index in [0.29, 0.717) is 4.83 Å². The summed E-state index contributed by atoms with van der Waals surface area (Å²) >= 11 is 5.79. The number of hydrogen-bond donors (Lipinski definition) is 0. The maximum atomic E-state index is 3.76. The molecule has 0 aliphatic carbocycles. The molecule has 2 unspecified atom stereocenters. The van der Waals surface area contributed by atoms with E-state index in [4.69, 9.17) is 0 Å². The van der Waals surface area contributed by atoms with Gasteiger partial charge in [-0.3, -0.25) is 0 Å². The molecule has 2 atom stereocenters. The minimum atomic E-state index is 0.709. The lowest BCUT2D eigenvalue weighted by Gasteiger charge is -2.31. The Labute approximate surface area is 116 Å². The summed E-state index contributed by atoms with van der Waals surface area (Å²) in [5.41, 5.74) is 1.58. The van der Waals surface area contributed by atoms with Crippen LogP contribution in [0, 0.1) is 0 Å². The van der Waals surface area contributed by atoms with Gasteiger partial charge in [-0.2, -0.15) is 0 Å². The van der Waals surface area contributed by atoms with E-state index in [1.54, 1.807) is 5.56 Å². The molecule has 1 nitrogen and oxygen atoms in total. The summed E-state index contributed by atoms with van der Waals surface area (Å²) in [6, 6.07) is 8.92. The number of thioether (sulfide) groups is 1. The van der Waals surface area contributed by atoms with Crippen molar-refractivity contribution in [2.45, 2.75) is 28.5 Å². The van der Waals surface area contributed by atoms with Crippen molar-refractivity contribution in [1.82, 2.24) is 4.90 Å². The van der Waals surface area contributed by atoms with Gasteiger partial charge in [0.1, 0.15) is 0 Å². The van der Waals surface area contributed by atoms with E-state index in [1.165, 1.54) is 43.1 Å². The molecule has 92 valence electrons. The van der Waals surface area contributed by atoms with Gasteiger partial charge in [-0.25, -0.2) is 0 Å². The molecule has 2 aliphatic rings. The van der Waals surface area contributed by atoms with E-state index in [2.05, 4.69) is 45.1 Å². The van der Waals surface area contributed by atoms with Gasteiger partial charge in [-0.1, -0.05) is 34.1 Å². The molecule has 0 spiro atoms. The van der Waals surface area contributed by atoms with Crippen molar-refractivity contribution in [3.05, 3.63) is 29.8 Å². The van der Waals surface area contributed by atoms with Crippen molar-refractivity contribution in [3.63, 3.8) is 0 Å². The quantitative estimate of drug-likeness (QED) is 0.766. The zero-order valence-electron chi connectivity index (χ0n) is 9.94. The summed E-state index contributed by atoms with van der Waals surface area (Å²) in [6.07, 6.45) is 2.68. The van der Waals surface area contributed by atoms with Crippen LogP contribution in [0.5, 0.6) is 0 Å². The van der Waals surface area contributed by atoms with Crippen molar-refractivity contribution in [3.8, 4) is 0 Å². The van der Waals surface area contributed by atoms with Gasteiger partial charge >= 0.3 is 0 Å². The molecule has 0 N–H and O–H groups in total. The Bertz CT molecular complexity index is 396. The number of halogens is 1. The maximum absolute atomic E-state index is 3.76. The molecule has 0 radical (unpaired) electrons. The van der Waals surface area contributed by atoms with Crippen LogP contribution in [-0.2, 0) is 0 Å². The Balaban J connectivity index is 1.67. The van der Waals surface area contributed by atoms with Gasteiger partial charge in [0.05, 0.1) is 0 Å². The van der Waals surface area contributed by atoms with Crippen molar-refractivity contribution in [1.29, 1.82) is 0 Å². The molecule has 3 rings (SSSR count). The Morgan fingerprint density at radius 3 is 3.12 bits per heavy atom. The molecule has 17 heavy (non-hydrogen) atoms. The van der Waals surface area contributed by atoms with Crippen LogP contribution in [0.3, 0.4) is 0 Å². The SMILES string of the molecule is BrC1CCCN(CC2CSc3ccccc32)C1. The number of fused-ring (bicyclic) bond motifs is 1. The van der Waals surface area contributed by atoms with Gasteiger partial charge in [0, 0.05) is 34.5 Å². The Hall–Kier alpha value is 0.0100. The second-order valence-electron chi connectivity index (χ2n) is 5.04. The lowest BCUT2D eigenvalue weighted by molar-refractivity contribution is 0.226. The molecular formula is C14H18BrNS. The zero-order chi connectivity index (χ0) is 11.7. The van der Waals surface area contributed by atoms with Gasteiger partial charge in [0.2, 0.25) is 0 Å². The predicted octanol–water partition coefficient (Wildman–Crippen LogP) is 3.74. The van der Waals surface area contributed by atoms with Crippen LogP contribution in [0.4, 0.5) is 0 Å². The number of rotatable bonds is 2. The minimum Gasteiger partial charge on any atom is -0.302 e. The number of likely N-dealkylation sites (tertiary alicyclic amines) is 1. The van der Waals surface area contributed by atoms with E-state index in [9.17, 15) is 0 Å². The first kappa shape index (κ1) is 12.1. The van der Waals surface area contributed by atoms with Crippen LogP contribution in [0.15, 0.2) is 29.2 Å². The molecule has 1 aromatic rings. The normalized spacial score (nSPS) is 29.2. The summed E-state index contributed by atoms with van der Waals surface area (Å²) in [5, 5.41) is 0. The fraction of sp³-hybridized carbons (Fsp3) is 0.571. The predicted molar refractivity (Wildman–Crippen MR) is 78.3 cm³/mol. The number of nitrogens with zero attached hydrogens (tertiary/aromatic N) is 1. The van der Waals surface area contributed by atoms with Gasteiger partial charge in [-0.15, -0.1) is 11.8 Å². The molecule has 2 aliphatic heterocycles. The highest BCUT2D eigenvalue weighted by atomic mass is 79.9. The average Bonchev–Trinajstić information content (AvgIpc) is 2.73. The molecule has 0 amide bonds. The summed E-state index contributed by atoms with van der Waals surface area (Å²) in [4.78, 5) is 4.85. The van der Waals surface area contributed by atoms with Crippen LogP contribution in [-0.4, -0.2) is 35.1 Å². The van der Waals surface area contributed by atoms with Gasteiger partial charge in [0.15, 0.2) is 0 Å². The molecule has 2 heterocycles.